The Morgan fingerprint density at radius 1 is 1.16 bits per heavy atom. The average molecular weight is 282 g/mol. The first kappa shape index (κ1) is 14.2. The van der Waals surface area contributed by atoms with Crippen LogP contribution in [0.2, 0.25) is 0 Å². The molecule has 110 valence electrons. The molecule has 0 radical (unpaired) electrons. The van der Waals surface area contributed by atoms with Crippen molar-refractivity contribution in [3.8, 4) is 0 Å². The molecule has 1 N–H and O–H groups in total. The SMILES string of the molecule is CC(C)C1CNC(C)(C2CC2)CN1C1CCSCC1. The van der Waals surface area contributed by atoms with Crippen LogP contribution in [0.4, 0.5) is 0 Å². The molecule has 0 amide bonds. The molecular weight excluding hydrogens is 252 g/mol. The third kappa shape index (κ3) is 2.98. The molecule has 0 aromatic carbocycles. The van der Waals surface area contributed by atoms with Crippen LogP contribution < -0.4 is 5.32 Å². The fraction of sp³-hybridized carbons (Fsp3) is 1.00. The Hall–Kier alpha value is 0.270. The molecule has 1 saturated carbocycles. The summed E-state index contributed by atoms with van der Waals surface area (Å²) < 4.78 is 0. The number of piperazine rings is 1. The van der Waals surface area contributed by atoms with Crippen molar-refractivity contribution in [2.45, 2.75) is 64.1 Å². The number of hydrogen-bond acceptors (Lipinski definition) is 3. The Bertz CT molecular complexity index is 310. The summed E-state index contributed by atoms with van der Waals surface area (Å²) in [6.45, 7) is 9.77. The average Bonchev–Trinajstić information content (AvgIpc) is 3.24. The second kappa shape index (κ2) is 5.57. The van der Waals surface area contributed by atoms with Crippen LogP contribution >= 0.6 is 11.8 Å². The van der Waals surface area contributed by atoms with E-state index in [-0.39, 0.29) is 0 Å². The van der Waals surface area contributed by atoms with Crippen molar-refractivity contribution < 1.29 is 0 Å². The van der Waals surface area contributed by atoms with E-state index in [1.165, 1.54) is 50.3 Å². The summed E-state index contributed by atoms with van der Waals surface area (Å²) in [7, 11) is 0. The fourth-order valence-corrected chi connectivity index (χ4v) is 5.12. The minimum absolute atomic E-state index is 0.399. The normalized spacial score (nSPS) is 38.8. The van der Waals surface area contributed by atoms with Crippen molar-refractivity contribution in [1.82, 2.24) is 10.2 Å². The monoisotopic (exact) mass is 282 g/mol. The van der Waals surface area contributed by atoms with Crippen LogP contribution in [0.1, 0.15) is 46.5 Å². The van der Waals surface area contributed by atoms with Crippen LogP contribution in [0.15, 0.2) is 0 Å². The largest absolute Gasteiger partial charge is 0.308 e. The van der Waals surface area contributed by atoms with E-state index in [9.17, 15) is 0 Å². The molecule has 0 spiro atoms. The summed E-state index contributed by atoms with van der Waals surface area (Å²) in [5.74, 6) is 4.46. The van der Waals surface area contributed by atoms with Gasteiger partial charge < -0.3 is 5.32 Å². The highest BCUT2D eigenvalue weighted by Crippen LogP contribution is 2.42. The maximum absolute atomic E-state index is 3.91. The molecule has 3 fully saturated rings. The summed E-state index contributed by atoms with van der Waals surface area (Å²) in [5, 5.41) is 3.91. The van der Waals surface area contributed by atoms with Gasteiger partial charge in [0.25, 0.3) is 0 Å². The van der Waals surface area contributed by atoms with Gasteiger partial charge in [-0.05, 0) is 55.9 Å². The highest BCUT2D eigenvalue weighted by molar-refractivity contribution is 7.99. The van der Waals surface area contributed by atoms with Gasteiger partial charge in [-0.25, -0.2) is 0 Å². The Morgan fingerprint density at radius 3 is 2.42 bits per heavy atom. The number of rotatable bonds is 3. The van der Waals surface area contributed by atoms with Crippen LogP contribution in [-0.2, 0) is 0 Å². The van der Waals surface area contributed by atoms with Crippen molar-refractivity contribution in [3.05, 3.63) is 0 Å². The highest BCUT2D eigenvalue weighted by atomic mass is 32.2. The lowest BCUT2D eigenvalue weighted by atomic mass is 9.86. The summed E-state index contributed by atoms with van der Waals surface area (Å²) in [6.07, 6.45) is 5.72. The van der Waals surface area contributed by atoms with E-state index < -0.39 is 0 Å². The summed E-state index contributed by atoms with van der Waals surface area (Å²) in [4.78, 5) is 2.90. The Balaban J connectivity index is 1.73. The molecule has 2 unspecified atom stereocenters. The number of nitrogens with one attached hydrogen (secondary N) is 1. The van der Waals surface area contributed by atoms with E-state index in [0.29, 0.717) is 5.54 Å². The van der Waals surface area contributed by atoms with E-state index in [2.05, 4.69) is 42.7 Å². The first-order chi connectivity index (χ1) is 9.10. The van der Waals surface area contributed by atoms with Crippen molar-refractivity contribution in [1.29, 1.82) is 0 Å². The second-order valence-corrected chi connectivity index (χ2v) is 8.62. The molecule has 3 rings (SSSR count). The van der Waals surface area contributed by atoms with Crippen molar-refractivity contribution in [2.24, 2.45) is 11.8 Å². The quantitative estimate of drug-likeness (QED) is 0.857. The van der Waals surface area contributed by atoms with E-state index in [1.807, 2.05) is 0 Å². The molecule has 0 aromatic rings. The zero-order valence-corrected chi connectivity index (χ0v) is 13.6. The molecule has 0 aromatic heterocycles. The lowest BCUT2D eigenvalue weighted by molar-refractivity contribution is 0.0154. The lowest BCUT2D eigenvalue weighted by Gasteiger charge is -2.51. The first-order valence-electron chi connectivity index (χ1n) is 8.19. The molecule has 2 atom stereocenters. The Labute approximate surface area is 123 Å². The van der Waals surface area contributed by atoms with Gasteiger partial charge in [0.05, 0.1) is 0 Å². The minimum atomic E-state index is 0.399. The summed E-state index contributed by atoms with van der Waals surface area (Å²) in [6, 6.07) is 1.61. The first-order valence-corrected chi connectivity index (χ1v) is 9.34. The van der Waals surface area contributed by atoms with Crippen molar-refractivity contribution in [2.75, 3.05) is 24.6 Å². The van der Waals surface area contributed by atoms with Crippen LogP contribution in [-0.4, -0.2) is 47.1 Å². The van der Waals surface area contributed by atoms with E-state index >= 15 is 0 Å². The molecule has 3 heteroatoms. The molecular formula is C16H30N2S. The third-order valence-corrected chi connectivity index (χ3v) is 6.61. The summed E-state index contributed by atoms with van der Waals surface area (Å²) >= 11 is 2.15. The lowest BCUT2D eigenvalue weighted by Crippen LogP contribution is -2.67. The Kier molecular flexibility index (Phi) is 4.17. The highest BCUT2D eigenvalue weighted by Gasteiger charge is 2.47. The third-order valence-electron chi connectivity index (χ3n) is 5.56. The van der Waals surface area contributed by atoms with Gasteiger partial charge in [-0.2, -0.15) is 11.8 Å². The second-order valence-electron chi connectivity index (χ2n) is 7.40. The van der Waals surface area contributed by atoms with Crippen LogP contribution in [0.3, 0.4) is 0 Å². The van der Waals surface area contributed by atoms with E-state index in [1.54, 1.807) is 0 Å². The van der Waals surface area contributed by atoms with Gasteiger partial charge in [0, 0.05) is 30.7 Å². The van der Waals surface area contributed by atoms with Gasteiger partial charge in [0.15, 0.2) is 0 Å². The number of thioether (sulfide) groups is 1. The molecule has 2 nitrogen and oxygen atoms in total. The standard InChI is InChI=1S/C16H30N2S/c1-12(2)15-10-17-16(3,13-4-5-13)11-18(15)14-6-8-19-9-7-14/h12-15,17H,4-11H2,1-3H3. The Morgan fingerprint density at radius 2 is 1.84 bits per heavy atom. The van der Waals surface area contributed by atoms with Gasteiger partial charge in [0.2, 0.25) is 0 Å². The van der Waals surface area contributed by atoms with Gasteiger partial charge >= 0.3 is 0 Å². The number of hydrogen-bond donors (Lipinski definition) is 1. The van der Waals surface area contributed by atoms with Crippen molar-refractivity contribution in [3.63, 3.8) is 0 Å². The topological polar surface area (TPSA) is 15.3 Å². The van der Waals surface area contributed by atoms with Gasteiger partial charge in [0.1, 0.15) is 0 Å². The maximum atomic E-state index is 3.91. The predicted molar refractivity (Wildman–Crippen MR) is 84.8 cm³/mol. The molecule has 3 aliphatic rings. The molecule has 2 saturated heterocycles. The van der Waals surface area contributed by atoms with Crippen LogP contribution in [0.5, 0.6) is 0 Å². The van der Waals surface area contributed by atoms with Crippen molar-refractivity contribution >= 4 is 11.8 Å². The van der Waals surface area contributed by atoms with Crippen LogP contribution in [0.25, 0.3) is 0 Å². The van der Waals surface area contributed by atoms with E-state index in [0.717, 1.165) is 23.9 Å². The molecule has 1 aliphatic carbocycles. The zero-order chi connectivity index (χ0) is 13.5. The predicted octanol–water partition coefficient (Wildman–Crippen LogP) is 2.98. The summed E-state index contributed by atoms with van der Waals surface area (Å²) in [5.41, 5.74) is 0.399. The van der Waals surface area contributed by atoms with Gasteiger partial charge in [-0.1, -0.05) is 13.8 Å². The molecule has 19 heavy (non-hydrogen) atoms. The van der Waals surface area contributed by atoms with E-state index in [4.69, 9.17) is 0 Å². The molecule has 2 aliphatic heterocycles. The molecule has 0 bridgehead atoms. The maximum Gasteiger partial charge on any atom is 0.0309 e. The van der Waals surface area contributed by atoms with Crippen LogP contribution in [0, 0.1) is 11.8 Å². The van der Waals surface area contributed by atoms with Gasteiger partial charge in [-0.15, -0.1) is 0 Å². The zero-order valence-electron chi connectivity index (χ0n) is 12.8. The number of nitrogens with zero attached hydrogens (tertiary/aromatic N) is 1. The van der Waals surface area contributed by atoms with Gasteiger partial charge in [-0.3, -0.25) is 4.90 Å². The minimum Gasteiger partial charge on any atom is -0.308 e. The molecule has 2 heterocycles. The fourth-order valence-electron chi connectivity index (χ4n) is 4.04. The smallest absolute Gasteiger partial charge is 0.0309 e.